The van der Waals surface area contributed by atoms with Gasteiger partial charge in [-0.15, -0.1) is 11.8 Å². The molecule has 0 radical (unpaired) electrons. The minimum atomic E-state index is -1.37. The highest BCUT2D eigenvalue weighted by Crippen LogP contribution is 2.36. The van der Waals surface area contributed by atoms with Crippen LogP contribution in [0.25, 0.3) is 11.0 Å². The Morgan fingerprint density at radius 3 is 2.55 bits per heavy atom. The number of benzene rings is 2. The Kier molecular flexibility index (Phi) is 11.8. The van der Waals surface area contributed by atoms with Crippen LogP contribution < -0.4 is 10.2 Å². The number of fused-ring (bicyclic) bond motifs is 1. The summed E-state index contributed by atoms with van der Waals surface area (Å²) in [5.41, 5.74) is 0.772. The molecule has 0 amide bonds. The van der Waals surface area contributed by atoms with Crippen LogP contribution in [0.15, 0.2) is 91.6 Å². The molecule has 0 aliphatic heterocycles. The van der Waals surface area contributed by atoms with E-state index < -0.39 is 34.5 Å². The first kappa shape index (κ1) is 34.8. The molecule has 4 aromatic rings. The molecule has 0 saturated heterocycles. The fourth-order valence-corrected chi connectivity index (χ4v) is 5.79. The van der Waals surface area contributed by atoms with Crippen molar-refractivity contribution in [3.63, 3.8) is 0 Å². The molecule has 0 bridgehead atoms. The lowest BCUT2D eigenvalue weighted by Gasteiger charge is -2.18. The first-order chi connectivity index (χ1) is 22.5. The van der Waals surface area contributed by atoms with Crippen molar-refractivity contribution in [1.29, 1.82) is 0 Å². The van der Waals surface area contributed by atoms with Gasteiger partial charge in [-0.2, -0.15) is 0 Å². The summed E-state index contributed by atoms with van der Waals surface area (Å²) in [6.07, 6.45) is 9.07. The van der Waals surface area contributed by atoms with Crippen LogP contribution in [-0.4, -0.2) is 52.0 Å². The van der Waals surface area contributed by atoms with Gasteiger partial charge in [0.1, 0.15) is 17.1 Å². The second kappa shape index (κ2) is 16.0. The molecule has 2 heterocycles. The standard InChI is InChI=1S/C35H34O11S/c1-4-9-25-27(14-13-23(20(2)36)33(25)39)44-15-8-6-5-7-10-31(32(38)21-16-30(45-19-21)35(42)43-3)47-22-11-12-24-26(37)18-29(34(40)41)46-28(24)17-22/h5-7,10-14,16-19,31-32,38-39H,4,8-9,15H2,1-3H3,(H,40,41)/b6-5-,10-7+/t31-,32+/m0/s1. The molecule has 2 aromatic heterocycles. The number of carbonyl (C=O) groups is 3. The maximum absolute atomic E-state index is 12.4. The number of phenols is 1. The summed E-state index contributed by atoms with van der Waals surface area (Å²) in [4.78, 5) is 48.1. The molecule has 4 rings (SSSR count). The van der Waals surface area contributed by atoms with Crippen LogP contribution in [-0.2, 0) is 11.2 Å². The Hall–Kier alpha value is -5.07. The third-order valence-electron chi connectivity index (χ3n) is 7.05. The first-order valence-corrected chi connectivity index (χ1v) is 15.6. The van der Waals surface area contributed by atoms with Crippen LogP contribution in [0.4, 0.5) is 0 Å². The molecule has 0 spiro atoms. The highest BCUT2D eigenvalue weighted by molar-refractivity contribution is 8.00. The minimum absolute atomic E-state index is 0.0513. The van der Waals surface area contributed by atoms with Crippen molar-refractivity contribution >= 4 is 40.5 Å². The second-order valence-electron chi connectivity index (χ2n) is 10.4. The van der Waals surface area contributed by atoms with Crippen molar-refractivity contribution in [1.82, 2.24) is 0 Å². The zero-order valence-electron chi connectivity index (χ0n) is 25.9. The molecule has 12 heteroatoms. The normalized spacial score (nSPS) is 12.9. The third kappa shape index (κ3) is 8.60. The van der Waals surface area contributed by atoms with E-state index in [1.54, 1.807) is 36.4 Å². The van der Waals surface area contributed by atoms with Crippen LogP contribution in [0.3, 0.4) is 0 Å². The number of aliphatic hydroxyl groups is 1. The number of allylic oxidation sites excluding steroid dienone is 2. The second-order valence-corrected chi connectivity index (χ2v) is 11.6. The van der Waals surface area contributed by atoms with E-state index in [4.69, 9.17) is 13.6 Å². The third-order valence-corrected chi connectivity index (χ3v) is 8.26. The van der Waals surface area contributed by atoms with E-state index in [1.165, 1.54) is 50.3 Å². The van der Waals surface area contributed by atoms with E-state index in [-0.39, 0.29) is 33.8 Å². The lowest BCUT2D eigenvalue weighted by Crippen LogP contribution is -2.12. The van der Waals surface area contributed by atoms with E-state index in [9.17, 15) is 34.5 Å². The molecule has 2 aromatic carbocycles. The fourth-order valence-electron chi connectivity index (χ4n) is 4.70. The van der Waals surface area contributed by atoms with Gasteiger partial charge in [-0.3, -0.25) is 9.59 Å². The van der Waals surface area contributed by atoms with Crippen molar-refractivity contribution in [3.8, 4) is 11.5 Å². The topological polar surface area (TPSA) is 174 Å². The number of ketones is 1. The number of furan rings is 1. The van der Waals surface area contributed by atoms with Gasteiger partial charge in [0.2, 0.25) is 11.5 Å². The fraction of sp³-hybridized carbons (Fsp3) is 0.257. The van der Waals surface area contributed by atoms with E-state index in [1.807, 2.05) is 13.0 Å². The van der Waals surface area contributed by atoms with Gasteiger partial charge in [-0.05, 0) is 56.2 Å². The van der Waals surface area contributed by atoms with Crippen molar-refractivity contribution in [2.45, 2.75) is 49.4 Å². The van der Waals surface area contributed by atoms with Gasteiger partial charge < -0.3 is 33.6 Å². The highest BCUT2D eigenvalue weighted by Gasteiger charge is 2.24. The number of Topliss-reactive ketones (excluding diaryl/α,β-unsaturated/α-hetero) is 1. The molecule has 246 valence electrons. The molecular formula is C35H34O11S. The predicted octanol–water partition coefficient (Wildman–Crippen LogP) is 6.51. The zero-order chi connectivity index (χ0) is 34.1. The van der Waals surface area contributed by atoms with Gasteiger partial charge in [-0.25, -0.2) is 9.59 Å². The Bertz CT molecular complexity index is 1880. The molecule has 0 aliphatic rings. The number of ether oxygens (including phenoxy) is 2. The van der Waals surface area contributed by atoms with Gasteiger partial charge >= 0.3 is 11.9 Å². The minimum Gasteiger partial charge on any atom is -0.507 e. The van der Waals surface area contributed by atoms with Gasteiger partial charge in [0.05, 0.1) is 42.3 Å². The van der Waals surface area contributed by atoms with Gasteiger partial charge in [0.15, 0.2) is 11.2 Å². The number of esters is 1. The molecule has 0 saturated carbocycles. The molecule has 3 N–H and O–H groups in total. The van der Waals surface area contributed by atoms with Crippen molar-refractivity contribution in [2.75, 3.05) is 13.7 Å². The van der Waals surface area contributed by atoms with Gasteiger partial charge in [0.25, 0.3) is 0 Å². The molecule has 47 heavy (non-hydrogen) atoms. The Morgan fingerprint density at radius 2 is 1.85 bits per heavy atom. The average Bonchev–Trinajstić information content (AvgIpc) is 3.54. The van der Waals surface area contributed by atoms with Gasteiger partial charge in [-0.1, -0.05) is 37.6 Å². The number of rotatable bonds is 15. The zero-order valence-corrected chi connectivity index (χ0v) is 26.7. The predicted molar refractivity (Wildman–Crippen MR) is 175 cm³/mol. The summed E-state index contributed by atoms with van der Waals surface area (Å²) < 4.78 is 21.3. The number of carboxylic acid groups (broad SMARTS) is 1. The SMILES string of the molecule is CCCc1c(OCC/C=C\C=C\[C@H](Sc2ccc3c(=O)cc(C(=O)O)oc3c2)[C@H](O)c2coc(C(=O)OC)c2)ccc(C(C)=O)c1O. The molecule has 0 fully saturated rings. The number of carbonyl (C=O) groups excluding carboxylic acids is 2. The number of aliphatic hydroxyl groups excluding tert-OH is 1. The summed E-state index contributed by atoms with van der Waals surface area (Å²) in [5, 5.41) is 30.7. The number of aromatic carboxylic acids is 1. The number of hydrogen-bond donors (Lipinski definition) is 3. The summed E-state index contributed by atoms with van der Waals surface area (Å²) in [5.74, 6) is -2.39. The van der Waals surface area contributed by atoms with Gasteiger partial charge in [0, 0.05) is 22.1 Å². The molecule has 11 nitrogen and oxygen atoms in total. The average molecular weight is 663 g/mol. The van der Waals surface area contributed by atoms with Crippen LogP contribution >= 0.6 is 11.8 Å². The molecule has 0 unspecified atom stereocenters. The van der Waals surface area contributed by atoms with Crippen molar-refractivity contribution in [2.24, 2.45) is 0 Å². The lowest BCUT2D eigenvalue weighted by atomic mass is 10.0. The van der Waals surface area contributed by atoms with E-state index in [0.29, 0.717) is 41.2 Å². The molecular weight excluding hydrogens is 628 g/mol. The maximum Gasteiger partial charge on any atom is 0.373 e. The number of phenolic OH excluding ortho intramolecular Hbond substituents is 1. The number of methoxy groups -OCH3 is 1. The summed E-state index contributed by atoms with van der Waals surface area (Å²) in [6, 6.07) is 10.3. The summed E-state index contributed by atoms with van der Waals surface area (Å²) in [7, 11) is 1.21. The summed E-state index contributed by atoms with van der Waals surface area (Å²) in [6.45, 7) is 3.68. The molecule has 0 aliphatic carbocycles. The van der Waals surface area contributed by atoms with E-state index >= 15 is 0 Å². The van der Waals surface area contributed by atoms with Crippen molar-refractivity contribution in [3.05, 3.63) is 111 Å². The van der Waals surface area contributed by atoms with Crippen LogP contribution in [0.2, 0.25) is 0 Å². The quantitative estimate of drug-likeness (QED) is 0.0415. The first-order valence-electron chi connectivity index (χ1n) is 14.7. The van der Waals surface area contributed by atoms with Crippen molar-refractivity contribution < 1.29 is 48.0 Å². The maximum atomic E-state index is 12.4. The Labute approximate surface area is 274 Å². The smallest absolute Gasteiger partial charge is 0.373 e. The number of hydrogen-bond acceptors (Lipinski definition) is 11. The van der Waals surface area contributed by atoms with Crippen LogP contribution in [0, 0.1) is 0 Å². The van der Waals surface area contributed by atoms with Crippen LogP contribution in [0.5, 0.6) is 11.5 Å². The van der Waals surface area contributed by atoms with E-state index in [2.05, 4.69) is 4.74 Å². The van der Waals surface area contributed by atoms with E-state index in [0.717, 1.165) is 12.5 Å². The summed E-state index contributed by atoms with van der Waals surface area (Å²) >= 11 is 1.22. The number of carboxylic acids is 1. The largest absolute Gasteiger partial charge is 0.507 e. The number of thioether (sulfide) groups is 1. The molecule has 2 atom stereocenters. The van der Waals surface area contributed by atoms with Crippen LogP contribution in [0.1, 0.15) is 75.4 Å². The highest BCUT2D eigenvalue weighted by atomic mass is 32.2. The Morgan fingerprint density at radius 1 is 1.06 bits per heavy atom. The monoisotopic (exact) mass is 662 g/mol. The Balaban J connectivity index is 1.50. The lowest BCUT2D eigenvalue weighted by molar-refractivity contribution is 0.0564. The number of aromatic hydroxyl groups is 1.